The second-order valence-corrected chi connectivity index (χ2v) is 2.15. The number of carbonyl (C=O) groups excluding carboxylic acids is 1. The van der Waals surface area contributed by atoms with Gasteiger partial charge < -0.3 is 0 Å². The molecule has 0 saturated heterocycles. The predicted molar refractivity (Wildman–Crippen MR) is 38.8 cm³/mol. The predicted octanol–water partition coefficient (Wildman–Crippen LogP) is 0.421. The third kappa shape index (κ3) is 0.881. The number of rotatable bonds is 1. The maximum atomic E-state index is 10.3. The minimum absolute atomic E-state index is 0.670. The summed E-state index contributed by atoms with van der Waals surface area (Å²) in [5, 5.41) is 0. The molecule has 0 unspecified atom stereocenters. The molecule has 0 aromatic rings. The van der Waals surface area contributed by atoms with Gasteiger partial charge in [-0.2, -0.15) is 0 Å². The first-order valence-electron chi connectivity index (χ1n) is 3.13. The lowest BCUT2D eigenvalue weighted by molar-refractivity contribution is 0.546. The first-order valence-corrected chi connectivity index (χ1v) is 3.13. The van der Waals surface area contributed by atoms with Crippen LogP contribution in [-0.4, -0.2) is 20.9 Å². The molecular formula is C7H5N3O. The van der Waals surface area contributed by atoms with E-state index < -0.39 is 0 Å². The Morgan fingerprint density at radius 3 is 3.18 bits per heavy atom. The van der Waals surface area contributed by atoms with E-state index in [-0.39, 0.29) is 0 Å². The Kier molecular flexibility index (Phi) is 1.18. The summed E-state index contributed by atoms with van der Waals surface area (Å²) in [6, 6.07) is 1.81. The first kappa shape index (κ1) is 6.03. The van der Waals surface area contributed by atoms with Gasteiger partial charge in [0.25, 0.3) is 0 Å². The summed E-state index contributed by atoms with van der Waals surface area (Å²) in [7, 11) is 0. The SMILES string of the molecule is O=Cn1cnc2nccc-2c1. The van der Waals surface area contributed by atoms with Crippen LogP contribution < -0.4 is 0 Å². The average Bonchev–Trinajstić information content (AvgIpc) is 2.50. The molecular weight excluding hydrogens is 142 g/mol. The number of carbonyl (C=O) groups is 1. The van der Waals surface area contributed by atoms with Gasteiger partial charge in [0.15, 0.2) is 5.82 Å². The van der Waals surface area contributed by atoms with Gasteiger partial charge in [-0.3, -0.25) is 9.36 Å². The first-order chi connectivity index (χ1) is 5.40. The largest absolute Gasteiger partial charge is 0.280 e. The topological polar surface area (TPSA) is 47.8 Å². The van der Waals surface area contributed by atoms with Crippen LogP contribution in [-0.2, 0) is 4.79 Å². The molecule has 0 atom stereocenters. The van der Waals surface area contributed by atoms with E-state index in [4.69, 9.17) is 0 Å². The molecule has 0 bridgehead atoms. The fourth-order valence-corrected chi connectivity index (χ4v) is 0.919. The van der Waals surface area contributed by atoms with E-state index in [0.717, 1.165) is 5.56 Å². The van der Waals surface area contributed by atoms with Crippen LogP contribution in [0.25, 0.3) is 11.4 Å². The summed E-state index contributed by atoms with van der Waals surface area (Å²) in [5.74, 6) is 0.670. The fraction of sp³-hybridized carbons (Fsp3) is 0. The van der Waals surface area contributed by atoms with E-state index in [1.807, 2.05) is 6.07 Å². The molecule has 54 valence electrons. The molecule has 11 heavy (non-hydrogen) atoms. The summed E-state index contributed by atoms with van der Waals surface area (Å²) in [4.78, 5) is 18.2. The summed E-state index contributed by atoms with van der Waals surface area (Å²) in [6.07, 6.45) is 5.47. The van der Waals surface area contributed by atoms with Crippen LogP contribution in [0.2, 0.25) is 0 Å². The van der Waals surface area contributed by atoms with Gasteiger partial charge in [0.05, 0.1) is 0 Å². The highest BCUT2D eigenvalue weighted by molar-refractivity contribution is 5.60. The lowest BCUT2D eigenvalue weighted by Crippen LogP contribution is -1.98. The number of fused-ring (bicyclic) bond motifs is 1. The molecule has 0 aromatic carbocycles. The quantitative estimate of drug-likeness (QED) is 0.549. The molecule has 0 fully saturated rings. The van der Waals surface area contributed by atoms with Crippen LogP contribution in [0.5, 0.6) is 0 Å². The van der Waals surface area contributed by atoms with Crippen molar-refractivity contribution in [3.8, 4) is 11.4 Å². The van der Waals surface area contributed by atoms with E-state index in [0.29, 0.717) is 12.2 Å². The maximum absolute atomic E-state index is 10.3. The molecule has 0 spiro atoms. The van der Waals surface area contributed by atoms with Crippen molar-refractivity contribution >= 4 is 6.41 Å². The zero-order valence-electron chi connectivity index (χ0n) is 5.64. The molecule has 0 saturated carbocycles. The van der Waals surface area contributed by atoms with Crippen molar-refractivity contribution in [2.45, 2.75) is 0 Å². The van der Waals surface area contributed by atoms with Gasteiger partial charge in [-0.25, -0.2) is 9.97 Å². The monoisotopic (exact) mass is 147 g/mol. The molecule has 2 aliphatic rings. The van der Waals surface area contributed by atoms with Crippen molar-refractivity contribution in [1.82, 2.24) is 14.5 Å². The van der Waals surface area contributed by atoms with Crippen molar-refractivity contribution in [1.29, 1.82) is 0 Å². The van der Waals surface area contributed by atoms with E-state index in [1.54, 1.807) is 12.4 Å². The minimum Gasteiger partial charge on any atom is -0.280 e. The fourth-order valence-electron chi connectivity index (χ4n) is 0.919. The third-order valence-corrected chi connectivity index (χ3v) is 1.43. The summed E-state index contributed by atoms with van der Waals surface area (Å²) in [5.41, 5.74) is 0.875. The number of nitrogens with zero attached hydrogens (tertiary/aromatic N) is 3. The number of hydrogen-bond acceptors (Lipinski definition) is 3. The van der Waals surface area contributed by atoms with Gasteiger partial charge in [-0.1, -0.05) is 0 Å². The van der Waals surface area contributed by atoms with Crippen LogP contribution in [0, 0.1) is 0 Å². The van der Waals surface area contributed by atoms with Crippen molar-refractivity contribution in [3.63, 3.8) is 0 Å². The maximum Gasteiger partial charge on any atom is 0.218 e. The molecule has 0 radical (unpaired) electrons. The van der Waals surface area contributed by atoms with Crippen LogP contribution >= 0.6 is 0 Å². The van der Waals surface area contributed by atoms with Gasteiger partial charge in [-0.15, -0.1) is 0 Å². The van der Waals surface area contributed by atoms with Crippen LogP contribution in [0.3, 0.4) is 0 Å². The Balaban J connectivity index is 2.68. The Morgan fingerprint density at radius 2 is 2.36 bits per heavy atom. The van der Waals surface area contributed by atoms with Gasteiger partial charge in [-0.05, 0) is 6.07 Å². The molecule has 0 N–H and O–H groups in total. The minimum atomic E-state index is 0.670. The van der Waals surface area contributed by atoms with E-state index in [2.05, 4.69) is 9.97 Å². The normalized spacial score (nSPS) is 10.2. The van der Waals surface area contributed by atoms with Crippen molar-refractivity contribution in [3.05, 3.63) is 24.8 Å². The molecule has 0 aromatic heterocycles. The highest BCUT2D eigenvalue weighted by Crippen LogP contribution is 2.14. The number of hydrogen-bond donors (Lipinski definition) is 0. The summed E-state index contributed by atoms with van der Waals surface area (Å²) in [6.45, 7) is 0. The Bertz CT molecular complexity index is 355. The van der Waals surface area contributed by atoms with Gasteiger partial charge in [0, 0.05) is 18.0 Å². The Labute approximate surface area is 62.9 Å². The highest BCUT2D eigenvalue weighted by atomic mass is 16.1. The zero-order valence-corrected chi connectivity index (χ0v) is 5.64. The van der Waals surface area contributed by atoms with Crippen molar-refractivity contribution in [2.75, 3.05) is 0 Å². The lowest BCUT2D eigenvalue weighted by Gasteiger charge is -1.97. The molecule has 2 heterocycles. The second-order valence-electron chi connectivity index (χ2n) is 2.15. The van der Waals surface area contributed by atoms with E-state index >= 15 is 0 Å². The standard InChI is InChI=1S/C7H5N3O/c11-5-10-3-6-1-2-8-7(6)9-4-10/h1-5H. The van der Waals surface area contributed by atoms with E-state index in [1.165, 1.54) is 10.9 Å². The van der Waals surface area contributed by atoms with Crippen LogP contribution in [0.15, 0.2) is 24.8 Å². The van der Waals surface area contributed by atoms with Crippen molar-refractivity contribution in [2.24, 2.45) is 0 Å². The summed E-state index contributed by atoms with van der Waals surface area (Å²) >= 11 is 0. The molecule has 4 nitrogen and oxygen atoms in total. The molecule has 0 aliphatic carbocycles. The zero-order chi connectivity index (χ0) is 7.68. The van der Waals surface area contributed by atoms with Gasteiger partial charge in [0.1, 0.15) is 6.33 Å². The van der Waals surface area contributed by atoms with E-state index in [9.17, 15) is 4.79 Å². The van der Waals surface area contributed by atoms with Gasteiger partial charge >= 0.3 is 0 Å². The number of aromatic nitrogens is 3. The lowest BCUT2D eigenvalue weighted by atomic mass is 10.3. The second kappa shape index (κ2) is 2.16. The summed E-state index contributed by atoms with van der Waals surface area (Å²) < 4.78 is 1.35. The average molecular weight is 147 g/mol. The molecule has 4 heteroatoms. The van der Waals surface area contributed by atoms with Gasteiger partial charge in [0.2, 0.25) is 6.41 Å². The molecule has 2 aliphatic heterocycles. The Morgan fingerprint density at radius 1 is 1.45 bits per heavy atom. The molecule has 0 amide bonds. The Hall–Kier alpha value is -1.71. The van der Waals surface area contributed by atoms with Crippen LogP contribution in [0.1, 0.15) is 0 Å². The molecule has 2 rings (SSSR count). The third-order valence-electron chi connectivity index (χ3n) is 1.43. The smallest absolute Gasteiger partial charge is 0.218 e. The highest BCUT2D eigenvalue weighted by Gasteiger charge is 2.03. The van der Waals surface area contributed by atoms with Crippen LogP contribution in [0.4, 0.5) is 0 Å². The van der Waals surface area contributed by atoms with Crippen molar-refractivity contribution < 1.29 is 4.79 Å².